The lowest BCUT2D eigenvalue weighted by Crippen LogP contribution is -2.27. The van der Waals surface area contributed by atoms with E-state index in [0.717, 1.165) is 35.3 Å². The Morgan fingerprint density at radius 1 is 1.29 bits per heavy atom. The second-order valence-electron chi connectivity index (χ2n) is 7.71. The van der Waals surface area contributed by atoms with E-state index in [4.69, 9.17) is 9.57 Å². The first kappa shape index (κ1) is 21.7. The van der Waals surface area contributed by atoms with Gasteiger partial charge in [0.15, 0.2) is 0 Å². The van der Waals surface area contributed by atoms with Gasteiger partial charge >= 0.3 is 5.97 Å². The Morgan fingerprint density at radius 3 is 2.71 bits per heavy atom. The van der Waals surface area contributed by atoms with Crippen LogP contribution in [0.1, 0.15) is 64.2 Å². The SMILES string of the molecule is CCOC(=O)C=C(C)C=CC=C(C)c1ccc2c(c1)C(=NOC)CCC2(C)C. The van der Waals surface area contributed by atoms with Crippen LogP contribution in [0.3, 0.4) is 0 Å². The first-order chi connectivity index (χ1) is 13.3. The molecule has 0 aliphatic heterocycles. The minimum Gasteiger partial charge on any atom is -0.463 e. The van der Waals surface area contributed by atoms with E-state index in [1.165, 1.54) is 17.2 Å². The van der Waals surface area contributed by atoms with Gasteiger partial charge in [0.2, 0.25) is 0 Å². The maximum absolute atomic E-state index is 11.5. The van der Waals surface area contributed by atoms with Gasteiger partial charge in [-0.25, -0.2) is 4.79 Å². The van der Waals surface area contributed by atoms with Crippen LogP contribution in [-0.4, -0.2) is 25.4 Å². The number of rotatable bonds is 6. The highest BCUT2D eigenvalue weighted by Gasteiger charge is 2.31. The van der Waals surface area contributed by atoms with Crippen molar-refractivity contribution in [1.29, 1.82) is 0 Å². The summed E-state index contributed by atoms with van der Waals surface area (Å²) in [6.45, 7) is 10.7. The molecule has 150 valence electrons. The number of allylic oxidation sites excluding steroid dienone is 5. The molecule has 0 heterocycles. The van der Waals surface area contributed by atoms with Crippen molar-refractivity contribution in [2.75, 3.05) is 13.7 Å². The van der Waals surface area contributed by atoms with Crippen LogP contribution in [0.5, 0.6) is 0 Å². The minimum absolute atomic E-state index is 0.132. The van der Waals surface area contributed by atoms with Crippen molar-refractivity contribution in [2.24, 2.45) is 5.16 Å². The molecule has 0 unspecified atom stereocenters. The Labute approximate surface area is 168 Å². The molecule has 1 aromatic carbocycles. The summed E-state index contributed by atoms with van der Waals surface area (Å²) in [6, 6.07) is 6.58. The Balaban J connectivity index is 2.27. The lowest BCUT2D eigenvalue weighted by molar-refractivity contribution is -0.137. The second kappa shape index (κ2) is 9.54. The Bertz CT molecular complexity index is 841. The highest BCUT2D eigenvalue weighted by atomic mass is 16.6. The summed E-state index contributed by atoms with van der Waals surface area (Å²) < 4.78 is 4.92. The molecular formula is C24H31NO3. The molecule has 0 saturated carbocycles. The smallest absolute Gasteiger partial charge is 0.330 e. The van der Waals surface area contributed by atoms with Crippen LogP contribution in [0.4, 0.5) is 0 Å². The van der Waals surface area contributed by atoms with Gasteiger partial charge in [0.1, 0.15) is 7.11 Å². The van der Waals surface area contributed by atoms with E-state index >= 15 is 0 Å². The first-order valence-electron chi connectivity index (χ1n) is 9.73. The molecule has 28 heavy (non-hydrogen) atoms. The number of fused-ring (bicyclic) bond motifs is 1. The highest BCUT2D eigenvalue weighted by molar-refractivity contribution is 6.03. The number of benzene rings is 1. The molecule has 0 fully saturated rings. The molecule has 1 aliphatic rings. The molecule has 0 spiro atoms. The number of hydrogen-bond donors (Lipinski definition) is 0. The fourth-order valence-corrected chi connectivity index (χ4v) is 3.38. The van der Waals surface area contributed by atoms with E-state index in [9.17, 15) is 4.79 Å². The van der Waals surface area contributed by atoms with E-state index in [0.29, 0.717) is 6.61 Å². The summed E-state index contributed by atoms with van der Waals surface area (Å²) in [4.78, 5) is 16.5. The second-order valence-corrected chi connectivity index (χ2v) is 7.71. The van der Waals surface area contributed by atoms with Crippen molar-refractivity contribution in [3.63, 3.8) is 0 Å². The van der Waals surface area contributed by atoms with Gasteiger partial charge < -0.3 is 9.57 Å². The largest absolute Gasteiger partial charge is 0.463 e. The highest BCUT2D eigenvalue weighted by Crippen LogP contribution is 2.38. The van der Waals surface area contributed by atoms with Gasteiger partial charge in [-0.05, 0) is 67.4 Å². The van der Waals surface area contributed by atoms with E-state index in [2.05, 4.69) is 44.1 Å². The van der Waals surface area contributed by atoms with Crippen LogP contribution in [0.25, 0.3) is 5.57 Å². The Hall–Kier alpha value is -2.62. The quantitative estimate of drug-likeness (QED) is 0.280. The van der Waals surface area contributed by atoms with Crippen molar-refractivity contribution in [3.8, 4) is 0 Å². The van der Waals surface area contributed by atoms with Crippen molar-refractivity contribution >= 4 is 17.3 Å². The summed E-state index contributed by atoms with van der Waals surface area (Å²) >= 11 is 0. The zero-order valence-corrected chi connectivity index (χ0v) is 17.8. The van der Waals surface area contributed by atoms with E-state index in [-0.39, 0.29) is 11.4 Å². The normalized spacial score (nSPS) is 18.3. The third-order valence-electron chi connectivity index (χ3n) is 5.04. The van der Waals surface area contributed by atoms with Crippen LogP contribution >= 0.6 is 0 Å². The molecule has 0 amide bonds. The van der Waals surface area contributed by atoms with Crippen molar-refractivity contribution < 1.29 is 14.4 Å². The minimum atomic E-state index is -0.312. The summed E-state index contributed by atoms with van der Waals surface area (Å²) in [5.74, 6) is -0.312. The molecular weight excluding hydrogens is 350 g/mol. The molecule has 4 heteroatoms. The molecule has 0 bridgehead atoms. The predicted molar refractivity (Wildman–Crippen MR) is 115 cm³/mol. The molecule has 1 aromatic rings. The Kier molecular flexibility index (Phi) is 7.38. The third kappa shape index (κ3) is 5.44. The van der Waals surface area contributed by atoms with Crippen molar-refractivity contribution in [3.05, 3.63) is 64.8 Å². The molecule has 0 saturated heterocycles. The molecule has 0 atom stereocenters. The maximum Gasteiger partial charge on any atom is 0.330 e. The van der Waals surface area contributed by atoms with Gasteiger partial charge in [-0.3, -0.25) is 0 Å². The van der Waals surface area contributed by atoms with E-state index < -0.39 is 0 Å². The van der Waals surface area contributed by atoms with E-state index in [1.807, 2.05) is 25.2 Å². The lowest BCUT2D eigenvalue weighted by atomic mass is 9.71. The fraction of sp³-hybridized carbons (Fsp3) is 0.417. The number of carbonyl (C=O) groups excluding carboxylic acids is 1. The molecule has 4 nitrogen and oxygen atoms in total. The molecule has 2 rings (SSSR count). The number of esters is 1. The number of carbonyl (C=O) groups is 1. The molecule has 0 N–H and O–H groups in total. The van der Waals surface area contributed by atoms with Crippen LogP contribution < -0.4 is 0 Å². The van der Waals surface area contributed by atoms with Gasteiger partial charge in [-0.1, -0.05) is 49.4 Å². The van der Waals surface area contributed by atoms with Crippen LogP contribution in [-0.2, 0) is 19.8 Å². The van der Waals surface area contributed by atoms with Crippen molar-refractivity contribution in [2.45, 2.75) is 52.9 Å². The van der Waals surface area contributed by atoms with Gasteiger partial charge in [0, 0.05) is 11.6 Å². The summed E-state index contributed by atoms with van der Waals surface area (Å²) in [6.07, 6.45) is 9.37. The first-order valence-corrected chi connectivity index (χ1v) is 9.73. The summed E-state index contributed by atoms with van der Waals surface area (Å²) in [5.41, 5.74) is 6.77. The van der Waals surface area contributed by atoms with Crippen LogP contribution in [0, 0.1) is 0 Å². The summed E-state index contributed by atoms with van der Waals surface area (Å²) in [5, 5.41) is 4.25. The number of nitrogens with zero attached hydrogens (tertiary/aromatic N) is 1. The average molecular weight is 382 g/mol. The maximum atomic E-state index is 11.5. The zero-order valence-electron chi connectivity index (χ0n) is 17.8. The topological polar surface area (TPSA) is 47.9 Å². The fourth-order valence-electron chi connectivity index (χ4n) is 3.38. The van der Waals surface area contributed by atoms with Gasteiger partial charge in [0.05, 0.1) is 12.3 Å². The standard InChI is InChI=1S/C24H31NO3/c1-7-28-23(26)15-17(2)9-8-10-18(3)19-11-12-21-20(16-19)22(25-27-6)13-14-24(21,4)5/h8-12,15-16H,7,13-14H2,1-6H3. The predicted octanol–water partition coefficient (Wildman–Crippen LogP) is 5.58. The van der Waals surface area contributed by atoms with Gasteiger partial charge in [-0.15, -0.1) is 0 Å². The van der Waals surface area contributed by atoms with Gasteiger partial charge in [-0.2, -0.15) is 0 Å². The lowest BCUT2D eigenvalue weighted by Gasteiger charge is -2.33. The van der Waals surface area contributed by atoms with Crippen LogP contribution in [0.15, 0.2) is 53.2 Å². The monoisotopic (exact) mass is 381 g/mol. The average Bonchev–Trinajstić information content (AvgIpc) is 2.64. The summed E-state index contributed by atoms with van der Waals surface area (Å²) in [7, 11) is 1.60. The van der Waals surface area contributed by atoms with E-state index in [1.54, 1.807) is 14.0 Å². The number of oxime groups is 1. The third-order valence-corrected chi connectivity index (χ3v) is 5.04. The molecule has 0 radical (unpaired) electrons. The Morgan fingerprint density at radius 2 is 2.04 bits per heavy atom. The van der Waals surface area contributed by atoms with Crippen molar-refractivity contribution in [1.82, 2.24) is 0 Å². The number of hydrogen-bond acceptors (Lipinski definition) is 4. The molecule has 1 aliphatic carbocycles. The van der Waals surface area contributed by atoms with Crippen LogP contribution in [0.2, 0.25) is 0 Å². The molecule has 0 aromatic heterocycles. The zero-order chi connectivity index (χ0) is 20.7. The number of ether oxygens (including phenoxy) is 1. The van der Waals surface area contributed by atoms with Gasteiger partial charge in [0.25, 0.3) is 0 Å².